The van der Waals surface area contributed by atoms with Crippen LogP contribution in [0.1, 0.15) is 39.7 Å². The number of carbonyl (C=O) groups is 2. The van der Waals surface area contributed by atoms with Gasteiger partial charge in [0, 0.05) is 18.2 Å². The van der Waals surface area contributed by atoms with Crippen molar-refractivity contribution in [3.63, 3.8) is 0 Å². The monoisotopic (exact) mass is 509 g/mol. The maximum absolute atomic E-state index is 13.8. The molecule has 2 aromatic carbocycles. The van der Waals surface area contributed by atoms with Crippen molar-refractivity contribution >= 4 is 27.5 Å². The van der Waals surface area contributed by atoms with Gasteiger partial charge in [0.25, 0.3) is 0 Å². The van der Waals surface area contributed by atoms with Crippen LogP contribution in [0.5, 0.6) is 0 Å². The zero-order valence-corrected chi connectivity index (χ0v) is 21.5. The predicted molar refractivity (Wildman–Crippen MR) is 132 cm³/mol. The highest BCUT2D eigenvalue weighted by Crippen LogP contribution is 2.21. The van der Waals surface area contributed by atoms with Gasteiger partial charge in [0.1, 0.15) is 12.6 Å². The van der Waals surface area contributed by atoms with Crippen molar-refractivity contribution in [3.8, 4) is 0 Å². The number of sulfonamides is 1. The van der Waals surface area contributed by atoms with Gasteiger partial charge in [-0.2, -0.15) is 0 Å². The number of amides is 2. The number of halogens is 2. The molecule has 2 rings (SSSR count). The van der Waals surface area contributed by atoms with Crippen LogP contribution in [0.15, 0.2) is 48.5 Å². The molecule has 35 heavy (non-hydrogen) atoms. The van der Waals surface area contributed by atoms with Gasteiger partial charge in [-0.1, -0.05) is 37.3 Å². The summed E-state index contributed by atoms with van der Waals surface area (Å²) in [5, 5.41) is 2.88. The highest BCUT2D eigenvalue weighted by Gasteiger charge is 2.32. The van der Waals surface area contributed by atoms with E-state index in [1.165, 1.54) is 4.90 Å². The lowest BCUT2D eigenvalue weighted by atomic mass is 10.1. The molecule has 0 radical (unpaired) electrons. The van der Waals surface area contributed by atoms with Crippen molar-refractivity contribution in [2.45, 2.75) is 52.1 Å². The normalized spacial score (nSPS) is 12.7. The number of nitrogens with zero attached hydrogens (tertiary/aromatic N) is 2. The molecule has 0 bridgehead atoms. The summed E-state index contributed by atoms with van der Waals surface area (Å²) in [4.78, 5) is 27.9. The van der Waals surface area contributed by atoms with Crippen LogP contribution < -0.4 is 9.62 Å². The number of rotatable bonds is 10. The summed E-state index contributed by atoms with van der Waals surface area (Å²) >= 11 is 0. The molecule has 0 aliphatic carbocycles. The van der Waals surface area contributed by atoms with E-state index in [2.05, 4.69) is 5.32 Å². The van der Waals surface area contributed by atoms with Crippen LogP contribution >= 0.6 is 0 Å². The number of anilines is 1. The highest BCUT2D eigenvalue weighted by molar-refractivity contribution is 7.92. The van der Waals surface area contributed by atoms with Crippen LogP contribution in [-0.2, 0) is 26.0 Å². The topological polar surface area (TPSA) is 86.8 Å². The fourth-order valence-electron chi connectivity index (χ4n) is 3.60. The molecule has 0 saturated carbocycles. The van der Waals surface area contributed by atoms with Gasteiger partial charge in [-0.05, 0) is 51.3 Å². The number of nitrogens with one attached hydrogen (secondary N) is 1. The molecule has 0 spiro atoms. The Morgan fingerprint density at radius 2 is 1.66 bits per heavy atom. The van der Waals surface area contributed by atoms with E-state index in [0.29, 0.717) is 17.1 Å². The standard InChI is InChI=1S/C25H33F2N3O4S/c1-6-22(24(32)28-25(2,3)4)29(15-14-18-10-8-7-9-11-18)23(31)17-30(35(5,33)34)19-12-13-20(26)21(27)16-19/h7-13,16,22H,6,14-15,17H2,1-5H3,(H,28,32). The average Bonchev–Trinajstić information content (AvgIpc) is 2.75. The van der Waals surface area contributed by atoms with Crippen molar-refractivity contribution in [1.29, 1.82) is 0 Å². The van der Waals surface area contributed by atoms with Crippen molar-refractivity contribution in [1.82, 2.24) is 10.2 Å². The quantitative estimate of drug-likeness (QED) is 0.531. The molecule has 7 nitrogen and oxygen atoms in total. The molecule has 0 aromatic heterocycles. The second-order valence-corrected chi connectivity index (χ2v) is 11.3. The lowest BCUT2D eigenvalue weighted by Gasteiger charge is -2.34. The van der Waals surface area contributed by atoms with Crippen LogP contribution in [0.4, 0.5) is 14.5 Å². The van der Waals surface area contributed by atoms with Crippen molar-refractivity contribution in [2.75, 3.05) is 23.7 Å². The Morgan fingerprint density at radius 1 is 1.03 bits per heavy atom. The summed E-state index contributed by atoms with van der Waals surface area (Å²) in [6, 6.07) is 11.1. The molecule has 1 unspecified atom stereocenters. The Morgan fingerprint density at radius 3 is 2.17 bits per heavy atom. The summed E-state index contributed by atoms with van der Waals surface area (Å²) in [5.74, 6) is -3.37. The van der Waals surface area contributed by atoms with Gasteiger partial charge in [-0.25, -0.2) is 17.2 Å². The van der Waals surface area contributed by atoms with Crippen LogP contribution in [0.3, 0.4) is 0 Å². The van der Waals surface area contributed by atoms with E-state index >= 15 is 0 Å². The van der Waals surface area contributed by atoms with E-state index in [0.717, 1.165) is 30.0 Å². The van der Waals surface area contributed by atoms with E-state index in [-0.39, 0.29) is 18.1 Å². The van der Waals surface area contributed by atoms with Gasteiger partial charge < -0.3 is 10.2 Å². The molecule has 192 valence electrons. The SMILES string of the molecule is CCC(C(=O)NC(C)(C)C)N(CCc1ccccc1)C(=O)CN(c1ccc(F)c(F)c1)S(C)(=O)=O. The molecule has 0 heterocycles. The fraction of sp³-hybridized carbons (Fsp3) is 0.440. The first kappa shape index (κ1) is 28.2. The Bertz CT molecular complexity index is 1140. The van der Waals surface area contributed by atoms with Crippen LogP contribution in [-0.4, -0.2) is 56.1 Å². The summed E-state index contributed by atoms with van der Waals surface area (Å²) in [7, 11) is -4.03. The minimum Gasteiger partial charge on any atom is -0.350 e. The first-order valence-electron chi connectivity index (χ1n) is 11.3. The molecule has 10 heteroatoms. The molecule has 2 aromatic rings. The smallest absolute Gasteiger partial charge is 0.244 e. The minimum atomic E-state index is -4.03. The summed E-state index contributed by atoms with van der Waals surface area (Å²) in [5.41, 5.74) is 0.218. The Hall–Kier alpha value is -3.01. The molecule has 1 N–H and O–H groups in total. The Labute approximate surface area is 206 Å². The summed E-state index contributed by atoms with van der Waals surface area (Å²) in [6.45, 7) is 6.72. The fourth-order valence-corrected chi connectivity index (χ4v) is 4.44. The molecule has 1 atom stereocenters. The molecule has 0 aliphatic heterocycles. The van der Waals surface area contributed by atoms with Crippen molar-refractivity contribution < 1.29 is 26.8 Å². The highest BCUT2D eigenvalue weighted by atomic mass is 32.2. The third-order valence-corrected chi connectivity index (χ3v) is 6.38. The third kappa shape index (κ3) is 8.31. The maximum atomic E-state index is 13.8. The molecular formula is C25H33F2N3O4S. The van der Waals surface area contributed by atoms with E-state index in [1.807, 2.05) is 51.1 Å². The van der Waals surface area contributed by atoms with Gasteiger partial charge in [0.15, 0.2) is 11.6 Å². The lowest BCUT2D eigenvalue weighted by Crippen LogP contribution is -2.56. The van der Waals surface area contributed by atoms with E-state index < -0.39 is 45.7 Å². The maximum Gasteiger partial charge on any atom is 0.244 e. The van der Waals surface area contributed by atoms with E-state index in [1.54, 1.807) is 6.92 Å². The Balaban J connectivity index is 2.40. The summed E-state index contributed by atoms with van der Waals surface area (Å²) in [6.07, 6.45) is 1.61. The largest absolute Gasteiger partial charge is 0.350 e. The van der Waals surface area contributed by atoms with Gasteiger partial charge in [0.2, 0.25) is 21.8 Å². The second kappa shape index (κ2) is 11.6. The third-order valence-electron chi connectivity index (χ3n) is 5.24. The van der Waals surface area contributed by atoms with E-state index in [9.17, 15) is 26.8 Å². The van der Waals surface area contributed by atoms with Crippen LogP contribution in [0.2, 0.25) is 0 Å². The molecule has 2 amide bonds. The minimum absolute atomic E-state index is 0.161. The number of carbonyl (C=O) groups excluding carboxylic acids is 2. The van der Waals surface area contributed by atoms with Crippen LogP contribution in [0.25, 0.3) is 0 Å². The molecule has 0 fully saturated rings. The molecular weight excluding hydrogens is 476 g/mol. The predicted octanol–water partition coefficient (Wildman–Crippen LogP) is 3.50. The number of hydrogen-bond donors (Lipinski definition) is 1. The first-order chi connectivity index (χ1) is 16.2. The zero-order valence-electron chi connectivity index (χ0n) is 20.7. The molecule has 0 aliphatic rings. The van der Waals surface area contributed by atoms with E-state index in [4.69, 9.17) is 0 Å². The molecule has 0 saturated heterocycles. The second-order valence-electron chi connectivity index (χ2n) is 9.35. The summed E-state index contributed by atoms with van der Waals surface area (Å²) < 4.78 is 52.9. The van der Waals surface area contributed by atoms with Gasteiger partial charge in [0.05, 0.1) is 11.9 Å². The van der Waals surface area contributed by atoms with Crippen molar-refractivity contribution in [3.05, 3.63) is 65.7 Å². The van der Waals surface area contributed by atoms with Gasteiger partial charge >= 0.3 is 0 Å². The number of hydrogen-bond acceptors (Lipinski definition) is 4. The van der Waals surface area contributed by atoms with Gasteiger partial charge in [-0.3, -0.25) is 13.9 Å². The number of benzene rings is 2. The Kier molecular flexibility index (Phi) is 9.37. The average molecular weight is 510 g/mol. The van der Waals surface area contributed by atoms with Crippen LogP contribution in [0, 0.1) is 11.6 Å². The first-order valence-corrected chi connectivity index (χ1v) is 13.2. The van der Waals surface area contributed by atoms with Gasteiger partial charge in [-0.15, -0.1) is 0 Å². The zero-order chi connectivity index (χ0) is 26.4. The lowest BCUT2D eigenvalue weighted by molar-refractivity contribution is -0.140. The van der Waals surface area contributed by atoms with Crippen molar-refractivity contribution in [2.24, 2.45) is 0 Å².